The monoisotopic (exact) mass is 432 g/mol. The number of carbonyl (C=O) groups is 2. The molecule has 2 aromatic rings. The molecule has 4 aliphatic rings. The SMILES string of the molecule is C[C@H]1CN(C(=O)C2CC2)c2cc(-c3ccc(C4(O)COC4)cc3)ccc2N1C(=O)C1CC1. The predicted octanol–water partition coefficient (Wildman–Crippen LogP) is 3.46. The van der Waals surface area contributed by atoms with Gasteiger partial charge in [0.2, 0.25) is 11.8 Å². The van der Waals surface area contributed by atoms with E-state index in [1.54, 1.807) is 0 Å². The highest BCUT2D eigenvalue weighted by Crippen LogP contribution is 2.44. The molecule has 3 fully saturated rings. The van der Waals surface area contributed by atoms with Crippen LogP contribution in [0.2, 0.25) is 0 Å². The first-order valence-electron chi connectivity index (χ1n) is 11.6. The average molecular weight is 433 g/mol. The molecule has 0 bridgehead atoms. The van der Waals surface area contributed by atoms with E-state index in [1.165, 1.54) is 0 Å². The zero-order chi connectivity index (χ0) is 22.0. The molecule has 32 heavy (non-hydrogen) atoms. The number of rotatable bonds is 4. The molecule has 2 amide bonds. The standard InChI is InChI=1S/C26H28N2O4/c1-16-13-27(24(29)18-2-3-18)23-12-20(8-11-22(23)28(16)25(30)19-4-5-19)17-6-9-21(10-7-17)26(31)14-32-15-26/h6-12,16,18-19,31H,2-5,13-15H2,1H3/t16-/m0/s1. The van der Waals surface area contributed by atoms with Crippen LogP contribution < -0.4 is 9.80 Å². The van der Waals surface area contributed by atoms with Crippen LogP contribution in [-0.2, 0) is 19.9 Å². The molecule has 2 aliphatic heterocycles. The number of benzene rings is 2. The zero-order valence-corrected chi connectivity index (χ0v) is 18.3. The highest BCUT2D eigenvalue weighted by atomic mass is 16.5. The Balaban J connectivity index is 1.38. The normalized spacial score (nSPS) is 24.0. The lowest BCUT2D eigenvalue weighted by Gasteiger charge is -2.41. The quantitative estimate of drug-likeness (QED) is 0.803. The minimum Gasteiger partial charge on any atom is -0.380 e. The van der Waals surface area contributed by atoms with Gasteiger partial charge in [-0.15, -0.1) is 0 Å². The summed E-state index contributed by atoms with van der Waals surface area (Å²) in [6.45, 7) is 3.23. The first kappa shape index (κ1) is 19.9. The van der Waals surface area contributed by atoms with Gasteiger partial charge in [-0.25, -0.2) is 0 Å². The van der Waals surface area contributed by atoms with Gasteiger partial charge in [0.1, 0.15) is 5.60 Å². The molecule has 6 rings (SSSR count). The third-order valence-electron chi connectivity index (χ3n) is 7.21. The molecule has 2 aliphatic carbocycles. The summed E-state index contributed by atoms with van der Waals surface area (Å²) < 4.78 is 5.17. The first-order valence-corrected chi connectivity index (χ1v) is 11.6. The number of nitrogens with zero attached hydrogens (tertiary/aromatic N) is 2. The van der Waals surface area contributed by atoms with E-state index in [1.807, 2.05) is 59.2 Å². The van der Waals surface area contributed by atoms with Crippen LogP contribution >= 0.6 is 0 Å². The summed E-state index contributed by atoms with van der Waals surface area (Å²) in [5.74, 6) is 0.611. The number of amides is 2. The Kier molecular flexibility index (Phi) is 4.46. The molecule has 6 heteroatoms. The number of anilines is 2. The lowest BCUT2D eigenvalue weighted by atomic mass is 9.90. The van der Waals surface area contributed by atoms with Crippen LogP contribution in [0.5, 0.6) is 0 Å². The lowest BCUT2D eigenvalue weighted by Crippen LogP contribution is -2.52. The van der Waals surface area contributed by atoms with Crippen molar-refractivity contribution in [3.63, 3.8) is 0 Å². The smallest absolute Gasteiger partial charge is 0.230 e. The summed E-state index contributed by atoms with van der Waals surface area (Å²) in [4.78, 5) is 30.0. The summed E-state index contributed by atoms with van der Waals surface area (Å²) in [7, 11) is 0. The van der Waals surface area contributed by atoms with Gasteiger partial charge < -0.3 is 19.6 Å². The summed E-state index contributed by atoms with van der Waals surface area (Å²) in [6.07, 6.45) is 3.84. The predicted molar refractivity (Wildman–Crippen MR) is 121 cm³/mol. The Morgan fingerprint density at radius 1 is 0.906 bits per heavy atom. The van der Waals surface area contributed by atoms with Crippen LogP contribution in [0.15, 0.2) is 42.5 Å². The summed E-state index contributed by atoms with van der Waals surface area (Å²) >= 11 is 0. The Morgan fingerprint density at radius 2 is 1.53 bits per heavy atom. The van der Waals surface area contributed by atoms with Gasteiger partial charge in [-0.2, -0.15) is 0 Å². The van der Waals surface area contributed by atoms with E-state index in [9.17, 15) is 14.7 Å². The van der Waals surface area contributed by atoms with Gasteiger partial charge in [-0.05, 0) is 61.4 Å². The molecule has 2 heterocycles. The van der Waals surface area contributed by atoms with Crippen molar-refractivity contribution >= 4 is 23.2 Å². The molecule has 1 atom stereocenters. The fourth-order valence-electron chi connectivity index (χ4n) is 4.86. The minimum atomic E-state index is -0.887. The molecule has 0 spiro atoms. The molecule has 2 aromatic carbocycles. The topological polar surface area (TPSA) is 70.1 Å². The third kappa shape index (κ3) is 3.24. The molecule has 2 saturated carbocycles. The molecular weight excluding hydrogens is 404 g/mol. The number of ether oxygens (including phenoxy) is 1. The van der Waals surface area contributed by atoms with E-state index in [4.69, 9.17) is 4.74 Å². The Labute approximate surface area is 187 Å². The second kappa shape index (κ2) is 7.15. The van der Waals surface area contributed by atoms with E-state index in [-0.39, 0.29) is 29.7 Å². The van der Waals surface area contributed by atoms with Crippen LogP contribution in [0.25, 0.3) is 11.1 Å². The molecule has 0 radical (unpaired) electrons. The number of hydrogen-bond donors (Lipinski definition) is 1. The number of carbonyl (C=O) groups excluding carboxylic acids is 2. The van der Waals surface area contributed by atoms with Crippen LogP contribution in [0, 0.1) is 11.8 Å². The maximum Gasteiger partial charge on any atom is 0.230 e. The molecule has 1 saturated heterocycles. The molecule has 6 nitrogen and oxygen atoms in total. The van der Waals surface area contributed by atoms with Gasteiger partial charge in [-0.3, -0.25) is 9.59 Å². The average Bonchev–Trinajstić information content (AvgIpc) is 3.69. The summed E-state index contributed by atoms with van der Waals surface area (Å²) in [6, 6.07) is 13.9. The van der Waals surface area contributed by atoms with Crippen LogP contribution in [-0.4, -0.2) is 42.7 Å². The van der Waals surface area contributed by atoms with Crippen LogP contribution in [0.1, 0.15) is 38.2 Å². The van der Waals surface area contributed by atoms with Gasteiger partial charge in [0, 0.05) is 18.4 Å². The Bertz CT molecular complexity index is 1080. The van der Waals surface area contributed by atoms with Crippen molar-refractivity contribution < 1.29 is 19.4 Å². The van der Waals surface area contributed by atoms with Crippen molar-refractivity contribution in [1.29, 1.82) is 0 Å². The van der Waals surface area contributed by atoms with E-state index >= 15 is 0 Å². The fourth-order valence-corrected chi connectivity index (χ4v) is 4.86. The van der Waals surface area contributed by atoms with Crippen molar-refractivity contribution in [2.45, 2.75) is 44.2 Å². The molecule has 0 unspecified atom stereocenters. The fraction of sp³-hybridized carbons (Fsp3) is 0.462. The first-order chi connectivity index (χ1) is 15.4. The Morgan fingerprint density at radius 3 is 2.12 bits per heavy atom. The number of hydrogen-bond acceptors (Lipinski definition) is 4. The van der Waals surface area contributed by atoms with Crippen molar-refractivity contribution in [2.75, 3.05) is 29.6 Å². The van der Waals surface area contributed by atoms with Crippen LogP contribution in [0.4, 0.5) is 11.4 Å². The van der Waals surface area contributed by atoms with Crippen molar-refractivity contribution in [3.8, 4) is 11.1 Å². The maximum atomic E-state index is 13.1. The third-order valence-corrected chi connectivity index (χ3v) is 7.21. The minimum absolute atomic E-state index is 0.0335. The van der Waals surface area contributed by atoms with Gasteiger partial charge in [0.05, 0.1) is 30.6 Å². The summed E-state index contributed by atoms with van der Waals surface area (Å²) in [5.41, 5.74) is 3.65. The van der Waals surface area contributed by atoms with Gasteiger partial charge >= 0.3 is 0 Å². The maximum absolute atomic E-state index is 13.1. The molecule has 0 aromatic heterocycles. The molecular formula is C26H28N2O4. The van der Waals surface area contributed by atoms with E-state index in [0.29, 0.717) is 19.8 Å². The van der Waals surface area contributed by atoms with Crippen molar-refractivity contribution in [2.24, 2.45) is 11.8 Å². The number of fused-ring (bicyclic) bond motifs is 1. The van der Waals surface area contributed by atoms with E-state index in [0.717, 1.165) is 53.7 Å². The highest BCUT2D eigenvalue weighted by Gasteiger charge is 2.43. The van der Waals surface area contributed by atoms with Gasteiger partial charge in [0.25, 0.3) is 0 Å². The zero-order valence-electron chi connectivity index (χ0n) is 18.3. The molecule has 166 valence electrons. The summed E-state index contributed by atoms with van der Waals surface area (Å²) in [5, 5.41) is 10.5. The van der Waals surface area contributed by atoms with E-state index < -0.39 is 5.60 Å². The second-order valence-electron chi connectivity index (χ2n) is 9.86. The van der Waals surface area contributed by atoms with Crippen molar-refractivity contribution in [1.82, 2.24) is 0 Å². The largest absolute Gasteiger partial charge is 0.380 e. The number of aliphatic hydroxyl groups is 1. The lowest BCUT2D eigenvalue weighted by molar-refractivity contribution is -0.184. The van der Waals surface area contributed by atoms with Gasteiger partial charge in [-0.1, -0.05) is 30.3 Å². The van der Waals surface area contributed by atoms with Crippen molar-refractivity contribution in [3.05, 3.63) is 48.0 Å². The Hall–Kier alpha value is -2.70. The highest BCUT2D eigenvalue weighted by molar-refractivity contribution is 6.07. The molecule has 1 N–H and O–H groups in total. The van der Waals surface area contributed by atoms with E-state index in [2.05, 4.69) is 0 Å². The van der Waals surface area contributed by atoms with Crippen LogP contribution in [0.3, 0.4) is 0 Å². The second-order valence-corrected chi connectivity index (χ2v) is 9.86. The van der Waals surface area contributed by atoms with Gasteiger partial charge in [0.15, 0.2) is 0 Å².